The highest BCUT2D eigenvalue weighted by Gasteiger charge is 2.09. The molecule has 0 bridgehead atoms. The monoisotopic (exact) mass is 477 g/mol. The van der Waals surface area contributed by atoms with Crippen LogP contribution in [0.15, 0.2) is 33.6 Å². The number of thioether (sulfide) groups is 1. The van der Waals surface area contributed by atoms with Gasteiger partial charge < -0.3 is 5.32 Å². The summed E-state index contributed by atoms with van der Waals surface area (Å²) in [4.78, 5) is 10.4. The number of nitrogens with zero attached hydrogens (tertiary/aromatic N) is 2. The fourth-order valence-electron chi connectivity index (χ4n) is 1.75. The van der Waals surface area contributed by atoms with Crippen LogP contribution in [0, 0.1) is 10.5 Å². The molecule has 0 aliphatic carbocycles. The first-order valence-electron chi connectivity index (χ1n) is 6.75. The molecule has 112 valence electrons. The van der Waals surface area contributed by atoms with Crippen LogP contribution >= 0.6 is 50.3 Å². The van der Waals surface area contributed by atoms with E-state index in [2.05, 4.69) is 72.9 Å². The third kappa shape index (κ3) is 5.10. The van der Waals surface area contributed by atoms with E-state index in [9.17, 15) is 0 Å². The van der Waals surface area contributed by atoms with E-state index in [1.165, 1.54) is 4.90 Å². The number of benzene rings is 1. The molecular weight excluding hydrogens is 461 g/mol. The summed E-state index contributed by atoms with van der Waals surface area (Å²) in [6.07, 6.45) is 1.08. The normalized spacial score (nSPS) is 10.7. The van der Waals surface area contributed by atoms with Gasteiger partial charge in [0, 0.05) is 15.9 Å². The Bertz CT molecular complexity index is 622. The van der Waals surface area contributed by atoms with E-state index in [1.807, 2.05) is 19.1 Å². The molecule has 0 amide bonds. The Morgan fingerprint density at radius 2 is 2.14 bits per heavy atom. The van der Waals surface area contributed by atoms with Gasteiger partial charge >= 0.3 is 0 Å². The lowest BCUT2D eigenvalue weighted by Gasteiger charge is -2.10. The zero-order valence-corrected chi connectivity index (χ0v) is 16.5. The van der Waals surface area contributed by atoms with Crippen LogP contribution in [0.2, 0.25) is 0 Å². The molecule has 1 heterocycles. The summed E-state index contributed by atoms with van der Waals surface area (Å²) in [5, 5.41) is 3.38. The number of rotatable bonds is 6. The predicted molar refractivity (Wildman–Crippen MR) is 102 cm³/mol. The van der Waals surface area contributed by atoms with Crippen LogP contribution in [0.5, 0.6) is 0 Å². The lowest BCUT2D eigenvalue weighted by Crippen LogP contribution is -2.08. The molecule has 0 atom stereocenters. The molecule has 1 aromatic carbocycles. The maximum absolute atomic E-state index is 4.65. The van der Waals surface area contributed by atoms with Crippen molar-refractivity contribution < 1.29 is 0 Å². The standard InChI is InChI=1S/C15H17BrIN3S/c1-3-7-18-15-14(17)10(2)19-13(20-15)9-21-12-6-4-5-11(16)8-12/h4-6,8H,3,7,9H2,1-2H3,(H,18,19,20). The molecule has 0 saturated carbocycles. The van der Waals surface area contributed by atoms with Gasteiger partial charge in [0.15, 0.2) is 0 Å². The minimum Gasteiger partial charge on any atom is -0.369 e. The molecule has 6 heteroatoms. The second-order valence-corrected chi connectivity index (χ2v) is 7.60. The predicted octanol–water partition coefficient (Wildman–Crippen LogP) is 5.27. The van der Waals surface area contributed by atoms with E-state index >= 15 is 0 Å². The molecule has 0 aliphatic rings. The van der Waals surface area contributed by atoms with Crippen LogP contribution in [-0.2, 0) is 5.75 Å². The van der Waals surface area contributed by atoms with Crippen LogP contribution in [-0.4, -0.2) is 16.5 Å². The molecule has 0 radical (unpaired) electrons. The first-order chi connectivity index (χ1) is 10.1. The molecule has 2 rings (SSSR count). The maximum atomic E-state index is 4.65. The minimum absolute atomic E-state index is 0.773. The Morgan fingerprint density at radius 1 is 1.33 bits per heavy atom. The van der Waals surface area contributed by atoms with Crippen molar-refractivity contribution in [1.82, 2.24) is 9.97 Å². The lowest BCUT2D eigenvalue weighted by atomic mass is 10.4. The smallest absolute Gasteiger partial charge is 0.143 e. The highest BCUT2D eigenvalue weighted by atomic mass is 127. The van der Waals surface area contributed by atoms with Crippen molar-refractivity contribution >= 4 is 56.1 Å². The van der Waals surface area contributed by atoms with Gasteiger partial charge in [-0.25, -0.2) is 9.97 Å². The van der Waals surface area contributed by atoms with Crippen LogP contribution < -0.4 is 5.32 Å². The van der Waals surface area contributed by atoms with Crippen LogP contribution in [0.4, 0.5) is 5.82 Å². The number of halogens is 2. The molecule has 0 aliphatic heterocycles. The first kappa shape index (κ1) is 17.0. The van der Waals surface area contributed by atoms with Crippen molar-refractivity contribution in [3.63, 3.8) is 0 Å². The van der Waals surface area contributed by atoms with E-state index < -0.39 is 0 Å². The van der Waals surface area contributed by atoms with Gasteiger partial charge in [-0.05, 0) is 54.1 Å². The average molecular weight is 478 g/mol. The maximum Gasteiger partial charge on any atom is 0.143 e. The highest BCUT2D eigenvalue weighted by molar-refractivity contribution is 14.1. The van der Waals surface area contributed by atoms with Gasteiger partial charge in [-0.3, -0.25) is 0 Å². The van der Waals surface area contributed by atoms with E-state index in [-0.39, 0.29) is 0 Å². The molecule has 1 N–H and O–H groups in total. The van der Waals surface area contributed by atoms with Gasteiger partial charge in [-0.15, -0.1) is 11.8 Å². The summed E-state index contributed by atoms with van der Waals surface area (Å²) < 4.78 is 2.20. The number of nitrogens with one attached hydrogen (secondary N) is 1. The number of hydrogen-bond acceptors (Lipinski definition) is 4. The summed E-state index contributed by atoms with van der Waals surface area (Å²) in [5.74, 6) is 2.60. The number of aromatic nitrogens is 2. The summed E-state index contributed by atoms with van der Waals surface area (Å²) >= 11 is 7.55. The summed E-state index contributed by atoms with van der Waals surface area (Å²) in [6.45, 7) is 5.12. The summed E-state index contributed by atoms with van der Waals surface area (Å²) in [5.41, 5.74) is 1.04. The molecule has 2 aromatic rings. The van der Waals surface area contributed by atoms with Crippen LogP contribution in [0.1, 0.15) is 24.9 Å². The van der Waals surface area contributed by atoms with Crippen LogP contribution in [0.25, 0.3) is 0 Å². The molecule has 0 saturated heterocycles. The van der Waals surface area contributed by atoms with E-state index in [4.69, 9.17) is 0 Å². The lowest BCUT2D eigenvalue weighted by molar-refractivity contribution is 0.933. The van der Waals surface area contributed by atoms with Gasteiger partial charge in [0.1, 0.15) is 11.6 Å². The topological polar surface area (TPSA) is 37.8 Å². The number of hydrogen-bond donors (Lipinski definition) is 1. The highest BCUT2D eigenvalue weighted by Crippen LogP contribution is 2.26. The molecular formula is C15H17BrIN3S. The molecule has 21 heavy (non-hydrogen) atoms. The molecule has 0 unspecified atom stereocenters. The summed E-state index contributed by atoms with van der Waals surface area (Å²) in [7, 11) is 0. The Labute approximate surface area is 152 Å². The van der Waals surface area contributed by atoms with Crippen LogP contribution in [0.3, 0.4) is 0 Å². The van der Waals surface area contributed by atoms with E-state index in [1.54, 1.807) is 11.8 Å². The van der Waals surface area contributed by atoms with Crippen molar-refractivity contribution in [3.05, 3.63) is 43.8 Å². The largest absolute Gasteiger partial charge is 0.369 e. The number of aryl methyl sites for hydroxylation is 1. The Balaban J connectivity index is 2.11. The zero-order valence-electron chi connectivity index (χ0n) is 12.0. The second-order valence-electron chi connectivity index (χ2n) is 4.56. The van der Waals surface area contributed by atoms with E-state index in [0.29, 0.717) is 0 Å². The molecule has 0 fully saturated rings. The van der Waals surface area contributed by atoms with Gasteiger partial charge in [-0.1, -0.05) is 28.9 Å². The zero-order chi connectivity index (χ0) is 15.2. The van der Waals surface area contributed by atoms with E-state index in [0.717, 1.165) is 44.1 Å². The van der Waals surface area contributed by atoms with Gasteiger partial charge in [0.2, 0.25) is 0 Å². The summed E-state index contributed by atoms with van der Waals surface area (Å²) in [6, 6.07) is 8.29. The Hall–Kier alpha value is -0.340. The van der Waals surface area contributed by atoms with Crippen molar-refractivity contribution in [2.75, 3.05) is 11.9 Å². The Morgan fingerprint density at radius 3 is 2.86 bits per heavy atom. The average Bonchev–Trinajstić information content (AvgIpc) is 2.47. The third-order valence-electron chi connectivity index (χ3n) is 2.77. The minimum atomic E-state index is 0.773. The van der Waals surface area contributed by atoms with Gasteiger partial charge in [-0.2, -0.15) is 0 Å². The third-order valence-corrected chi connectivity index (χ3v) is 5.54. The molecule has 1 aromatic heterocycles. The fraction of sp³-hybridized carbons (Fsp3) is 0.333. The van der Waals surface area contributed by atoms with Crippen molar-refractivity contribution in [3.8, 4) is 0 Å². The quantitative estimate of drug-likeness (QED) is 0.454. The molecule has 0 spiro atoms. The first-order valence-corrected chi connectivity index (χ1v) is 9.61. The SMILES string of the molecule is CCCNc1nc(CSc2cccc(Br)c2)nc(C)c1I. The second kappa shape index (κ2) is 8.33. The van der Waals surface area contributed by atoms with Crippen molar-refractivity contribution in [1.29, 1.82) is 0 Å². The Kier molecular flexibility index (Phi) is 6.75. The fourth-order valence-corrected chi connectivity index (χ4v) is 3.54. The van der Waals surface area contributed by atoms with Crippen molar-refractivity contribution in [2.45, 2.75) is 30.9 Å². The molecule has 3 nitrogen and oxygen atoms in total. The van der Waals surface area contributed by atoms with Gasteiger partial charge in [0.05, 0.1) is 15.0 Å². The van der Waals surface area contributed by atoms with Crippen molar-refractivity contribution in [2.24, 2.45) is 0 Å². The number of anilines is 1. The van der Waals surface area contributed by atoms with Gasteiger partial charge in [0.25, 0.3) is 0 Å².